The molecule has 0 aliphatic rings. The standard InChI is InChI=1S/C10H10N4OS/c11-10(15)9-8(6-16-14-9)13-5-7-1-3-12-4-2-7/h1-4,6,13H,5H2,(H2,11,15). The molecule has 0 fully saturated rings. The minimum atomic E-state index is -0.515. The Morgan fingerprint density at radius 3 is 2.88 bits per heavy atom. The number of aromatic nitrogens is 2. The van der Waals surface area contributed by atoms with Crippen LogP contribution < -0.4 is 11.1 Å². The topological polar surface area (TPSA) is 80.9 Å². The Hall–Kier alpha value is -1.95. The Morgan fingerprint density at radius 1 is 1.44 bits per heavy atom. The molecule has 6 heteroatoms. The maximum atomic E-state index is 11.0. The number of carbonyl (C=O) groups is 1. The third-order valence-corrected chi connectivity index (χ3v) is 2.66. The van der Waals surface area contributed by atoms with E-state index in [-0.39, 0.29) is 0 Å². The van der Waals surface area contributed by atoms with E-state index in [2.05, 4.69) is 14.7 Å². The van der Waals surface area contributed by atoms with Crippen molar-refractivity contribution in [3.05, 3.63) is 41.2 Å². The normalized spacial score (nSPS) is 10.0. The highest BCUT2D eigenvalue weighted by molar-refractivity contribution is 7.04. The number of carbonyl (C=O) groups excluding carboxylic acids is 1. The molecule has 0 aliphatic heterocycles. The van der Waals surface area contributed by atoms with Crippen LogP contribution >= 0.6 is 11.5 Å². The van der Waals surface area contributed by atoms with Gasteiger partial charge in [0.25, 0.3) is 5.91 Å². The Morgan fingerprint density at radius 2 is 2.19 bits per heavy atom. The number of amides is 1. The van der Waals surface area contributed by atoms with Crippen molar-refractivity contribution in [1.82, 2.24) is 9.36 Å². The molecular weight excluding hydrogens is 224 g/mol. The lowest BCUT2D eigenvalue weighted by Gasteiger charge is -2.04. The van der Waals surface area contributed by atoms with Gasteiger partial charge in [-0.05, 0) is 29.2 Å². The van der Waals surface area contributed by atoms with Crippen LogP contribution in [-0.2, 0) is 6.54 Å². The summed E-state index contributed by atoms with van der Waals surface area (Å²) in [6.07, 6.45) is 3.44. The van der Waals surface area contributed by atoms with Gasteiger partial charge in [0.2, 0.25) is 0 Å². The fraction of sp³-hybridized carbons (Fsp3) is 0.100. The van der Waals surface area contributed by atoms with Crippen molar-refractivity contribution < 1.29 is 4.79 Å². The summed E-state index contributed by atoms with van der Waals surface area (Å²) in [5.41, 5.74) is 7.23. The number of pyridine rings is 1. The summed E-state index contributed by atoms with van der Waals surface area (Å²) in [6, 6.07) is 3.80. The molecule has 0 radical (unpaired) electrons. The summed E-state index contributed by atoms with van der Waals surface area (Å²) in [7, 11) is 0. The summed E-state index contributed by atoms with van der Waals surface area (Å²) < 4.78 is 3.92. The van der Waals surface area contributed by atoms with Crippen LogP contribution in [0.15, 0.2) is 29.9 Å². The predicted molar refractivity (Wildman–Crippen MR) is 62.2 cm³/mol. The number of nitrogens with two attached hydrogens (primary N) is 1. The first-order valence-corrected chi connectivity index (χ1v) is 5.48. The second-order valence-corrected chi connectivity index (χ2v) is 3.78. The molecule has 0 aliphatic carbocycles. The number of hydrogen-bond acceptors (Lipinski definition) is 5. The number of hydrogen-bond donors (Lipinski definition) is 2. The molecule has 0 aromatic carbocycles. The molecule has 3 N–H and O–H groups in total. The third kappa shape index (κ3) is 2.34. The van der Waals surface area contributed by atoms with Gasteiger partial charge in [-0.15, -0.1) is 0 Å². The van der Waals surface area contributed by atoms with Crippen LogP contribution in [0.5, 0.6) is 0 Å². The maximum absolute atomic E-state index is 11.0. The van der Waals surface area contributed by atoms with E-state index in [9.17, 15) is 4.79 Å². The minimum absolute atomic E-state index is 0.291. The van der Waals surface area contributed by atoms with E-state index in [1.807, 2.05) is 12.1 Å². The zero-order valence-corrected chi connectivity index (χ0v) is 9.20. The molecule has 2 rings (SSSR count). The van der Waals surface area contributed by atoms with Crippen molar-refractivity contribution in [3.8, 4) is 0 Å². The molecule has 0 saturated heterocycles. The zero-order valence-electron chi connectivity index (χ0n) is 8.38. The molecule has 5 nitrogen and oxygen atoms in total. The maximum Gasteiger partial charge on any atom is 0.270 e. The van der Waals surface area contributed by atoms with Gasteiger partial charge in [0.05, 0.1) is 5.69 Å². The smallest absolute Gasteiger partial charge is 0.270 e. The molecule has 1 amide bonds. The van der Waals surface area contributed by atoms with Crippen molar-refractivity contribution in [3.63, 3.8) is 0 Å². The largest absolute Gasteiger partial charge is 0.378 e. The molecule has 16 heavy (non-hydrogen) atoms. The summed E-state index contributed by atoms with van der Waals surface area (Å²) in [4.78, 5) is 14.9. The van der Waals surface area contributed by atoms with Gasteiger partial charge in [-0.2, -0.15) is 4.37 Å². The third-order valence-electron chi connectivity index (χ3n) is 2.04. The van der Waals surface area contributed by atoms with Gasteiger partial charge in [0.1, 0.15) is 0 Å². The lowest BCUT2D eigenvalue weighted by atomic mass is 10.2. The van der Waals surface area contributed by atoms with Gasteiger partial charge in [-0.1, -0.05) is 0 Å². The zero-order chi connectivity index (χ0) is 11.4. The first-order valence-electron chi connectivity index (χ1n) is 4.64. The lowest BCUT2D eigenvalue weighted by molar-refractivity contribution is 0.0997. The van der Waals surface area contributed by atoms with E-state index in [4.69, 9.17) is 5.73 Å². The fourth-order valence-corrected chi connectivity index (χ4v) is 1.88. The lowest BCUT2D eigenvalue weighted by Crippen LogP contribution is -2.14. The Kier molecular flexibility index (Phi) is 3.11. The Balaban J connectivity index is 2.05. The highest BCUT2D eigenvalue weighted by Gasteiger charge is 2.10. The van der Waals surface area contributed by atoms with Crippen molar-refractivity contribution >= 4 is 23.1 Å². The average molecular weight is 234 g/mol. The van der Waals surface area contributed by atoms with E-state index < -0.39 is 5.91 Å². The van der Waals surface area contributed by atoms with Gasteiger partial charge in [-0.3, -0.25) is 9.78 Å². The number of nitrogens with one attached hydrogen (secondary N) is 1. The summed E-state index contributed by atoms with van der Waals surface area (Å²) in [6.45, 7) is 0.612. The summed E-state index contributed by atoms with van der Waals surface area (Å²) >= 11 is 1.20. The van der Waals surface area contributed by atoms with Gasteiger partial charge in [-0.25, -0.2) is 0 Å². The molecule has 82 valence electrons. The van der Waals surface area contributed by atoms with Gasteiger partial charge < -0.3 is 11.1 Å². The van der Waals surface area contributed by atoms with Crippen LogP contribution in [0.1, 0.15) is 16.1 Å². The second-order valence-electron chi connectivity index (χ2n) is 3.15. The highest BCUT2D eigenvalue weighted by atomic mass is 32.1. The second kappa shape index (κ2) is 4.71. The van der Waals surface area contributed by atoms with E-state index in [1.165, 1.54) is 11.5 Å². The SMILES string of the molecule is NC(=O)c1nscc1NCc1ccncc1. The Bertz CT molecular complexity index is 483. The molecule has 0 spiro atoms. The van der Waals surface area contributed by atoms with Crippen molar-refractivity contribution in [2.75, 3.05) is 5.32 Å². The van der Waals surface area contributed by atoms with Gasteiger partial charge in [0, 0.05) is 24.3 Å². The summed E-state index contributed by atoms with van der Waals surface area (Å²) in [5, 5.41) is 4.88. The molecular formula is C10H10N4OS. The van der Waals surface area contributed by atoms with Gasteiger partial charge in [0.15, 0.2) is 5.69 Å². The highest BCUT2D eigenvalue weighted by Crippen LogP contribution is 2.17. The molecule has 0 saturated carbocycles. The number of anilines is 1. The van der Waals surface area contributed by atoms with Crippen LogP contribution in [0.4, 0.5) is 5.69 Å². The first-order chi connectivity index (χ1) is 7.77. The number of nitrogens with zero attached hydrogens (tertiary/aromatic N) is 2. The predicted octanol–water partition coefficient (Wildman–Crippen LogP) is 1.25. The van der Waals surface area contributed by atoms with E-state index in [0.29, 0.717) is 17.9 Å². The fourth-order valence-electron chi connectivity index (χ4n) is 1.24. The Labute approximate surface area is 96.5 Å². The van der Waals surface area contributed by atoms with Crippen molar-refractivity contribution in [2.24, 2.45) is 5.73 Å². The van der Waals surface area contributed by atoms with Crippen LogP contribution in [0, 0.1) is 0 Å². The molecule has 0 atom stereocenters. The van der Waals surface area contributed by atoms with Crippen LogP contribution in [0.25, 0.3) is 0 Å². The van der Waals surface area contributed by atoms with Crippen LogP contribution in [0.2, 0.25) is 0 Å². The van der Waals surface area contributed by atoms with E-state index in [1.54, 1.807) is 17.8 Å². The first kappa shape index (κ1) is 10.6. The molecule has 0 unspecified atom stereocenters. The minimum Gasteiger partial charge on any atom is -0.378 e. The van der Waals surface area contributed by atoms with Crippen LogP contribution in [-0.4, -0.2) is 15.3 Å². The molecule has 2 aromatic heterocycles. The van der Waals surface area contributed by atoms with Gasteiger partial charge >= 0.3 is 0 Å². The average Bonchev–Trinajstić information content (AvgIpc) is 2.76. The van der Waals surface area contributed by atoms with Crippen LogP contribution in [0.3, 0.4) is 0 Å². The van der Waals surface area contributed by atoms with E-state index >= 15 is 0 Å². The van der Waals surface area contributed by atoms with Crippen molar-refractivity contribution in [2.45, 2.75) is 6.54 Å². The summed E-state index contributed by atoms with van der Waals surface area (Å²) in [5.74, 6) is -0.515. The molecule has 2 heterocycles. The quantitative estimate of drug-likeness (QED) is 0.834. The number of primary amides is 1. The van der Waals surface area contributed by atoms with Crippen molar-refractivity contribution in [1.29, 1.82) is 0 Å². The molecule has 2 aromatic rings. The van der Waals surface area contributed by atoms with E-state index in [0.717, 1.165) is 5.56 Å². The monoisotopic (exact) mass is 234 g/mol. The number of rotatable bonds is 4. The molecule has 0 bridgehead atoms.